The molecule has 0 spiro atoms. The zero-order chi connectivity index (χ0) is 22.4. The molecule has 0 atom stereocenters. The minimum atomic E-state index is -3.84. The number of rotatable bonds is 2. The summed E-state index contributed by atoms with van der Waals surface area (Å²) in [4.78, 5) is 16.2. The van der Waals surface area contributed by atoms with Crippen LogP contribution in [0.2, 0.25) is 0 Å². The molecule has 33 heavy (non-hydrogen) atoms. The molecule has 2 aliphatic heterocycles. The normalized spacial score (nSPS) is 12.8. The Morgan fingerprint density at radius 2 is 1.18 bits per heavy atom. The highest BCUT2D eigenvalue weighted by atomic mass is 32.2. The topological polar surface area (TPSA) is 91.5 Å². The first kappa shape index (κ1) is 19.5. The van der Waals surface area contributed by atoms with E-state index < -0.39 is 9.84 Å². The van der Waals surface area contributed by atoms with Gasteiger partial charge in [-0.3, -0.25) is 0 Å². The maximum absolute atomic E-state index is 13.7. The van der Waals surface area contributed by atoms with Crippen LogP contribution in [-0.4, -0.2) is 28.4 Å². The van der Waals surface area contributed by atoms with E-state index >= 15 is 0 Å². The van der Waals surface area contributed by atoms with E-state index in [1.54, 1.807) is 42.5 Å². The van der Waals surface area contributed by atoms with Gasteiger partial charge in [0.15, 0.2) is 0 Å². The lowest BCUT2D eigenvalue weighted by Gasteiger charge is -2.06. The summed E-state index contributed by atoms with van der Waals surface area (Å²) in [7, 11) is -3.84. The van der Waals surface area contributed by atoms with Crippen molar-refractivity contribution < 1.29 is 8.42 Å². The summed E-state index contributed by atoms with van der Waals surface area (Å²) in [6.07, 6.45) is 7.43. The third kappa shape index (κ3) is 3.58. The molecular formula is C26H18N4O2S. The average molecular weight is 451 g/mol. The Balaban J connectivity index is 1.73. The van der Waals surface area contributed by atoms with Gasteiger partial charge in [0, 0.05) is 16.6 Å². The largest absolute Gasteiger partial charge is 0.355 e. The summed E-state index contributed by atoms with van der Waals surface area (Å²) in [6, 6.07) is 21.7. The van der Waals surface area contributed by atoms with Gasteiger partial charge in [-0.2, -0.15) is 0 Å². The Morgan fingerprint density at radius 3 is 1.88 bits per heavy atom. The third-order valence-corrected chi connectivity index (χ3v) is 7.35. The van der Waals surface area contributed by atoms with Crippen LogP contribution in [0.25, 0.3) is 46.4 Å². The lowest BCUT2D eigenvalue weighted by Crippen LogP contribution is -2.04. The van der Waals surface area contributed by atoms with Gasteiger partial charge in [-0.25, -0.2) is 18.4 Å². The molecule has 3 aromatic heterocycles. The number of hydrogen-bond acceptors (Lipinski definition) is 4. The molecule has 0 aliphatic carbocycles. The van der Waals surface area contributed by atoms with E-state index in [1.165, 1.54) is 0 Å². The number of sulfone groups is 1. The Hall–Kier alpha value is -4.23. The third-order valence-electron chi connectivity index (χ3n) is 5.49. The Kier molecular flexibility index (Phi) is 4.38. The molecule has 160 valence electrons. The molecule has 8 bridgehead atoms. The second-order valence-electron chi connectivity index (χ2n) is 7.83. The lowest BCUT2D eigenvalue weighted by atomic mass is 10.3. The average Bonchev–Trinajstić information content (AvgIpc) is 3.60. The van der Waals surface area contributed by atoms with Gasteiger partial charge in [0.25, 0.3) is 0 Å². The molecule has 4 aromatic rings. The summed E-state index contributed by atoms with van der Waals surface area (Å²) in [6.45, 7) is 0. The van der Waals surface area contributed by atoms with Crippen molar-refractivity contribution >= 4 is 56.2 Å². The Morgan fingerprint density at radius 1 is 0.606 bits per heavy atom. The van der Waals surface area contributed by atoms with Crippen molar-refractivity contribution in [1.29, 1.82) is 0 Å². The van der Waals surface area contributed by atoms with E-state index in [0.29, 0.717) is 16.9 Å². The van der Waals surface area contributed by atoms with Crippen LogP contribution in [0.15, 0.2) is 82.6 Å². The number of H-pyrrole nitrogens is 2. The number of nitrogens with zero attached hydrogens (tertiary/aromatic N) is 2. The van der Waals surface area contributed by atoms with E-state index in [2.05, 4.69) is 19.9 Å². The van der Waals surface area contributed by atoms with Crippen LogP contribution in [0, 0.1) is 0 Å². The van der Waals surface area contributed by atoms with Crippen LogP contribution in [0.1, 0.15) is 22.8 Å². The van der Waals surface area contributed by atoms with Gasteiger partial charge in [-0.15, -0.1) is 0 Å². The molecule has 0 fully saturated rings. The summed E-state index contributed by atoms with van der Waals surface area (Å²) >= 11 is 0. The first-order valence-electron chi connectivity index (χ1n) is 10.4. The van der Waals surface area contributed by atoms with Crippen molar-refractivity contribution in [2.45, 2.75) is 9.79 Å². The predicted octanol–water partition coefficient (Wildman–Crippen LogP) is 5.49. The summed E-state index contributed by atoms with van der Waals surface area (Å²) in [5.41, 5.74) is 5.68. The van der Waals surface area contributed by atoms with Crippen molar-refractivity contribution in [3.8, 4) is 0 Å². The van der Waals surface area contributed by atoms with E-state index in [1.807, 2.05) is 54.6 Å². The molecule has 5 heterocycles. The second kappa shape index (κ2) is 7.43. The van der Waals surface area contributed by atoms with Crippen molar-refractivity contribution in [3.63, 3.8) is 0 Å². The maximum atomic E-state index is 13.7. The van der Waals surface area contributed by atoms with Crippen molar-refractivity contribution in [2.24, 2.45) is 0 Å². The molecule has 0 amide bonds. The number of aromatic nitrogens is 4. The molecule has 0 unspecified atom stereocenters. The lowest BCUT2D eigenvalue weighted by molar-refractivity contribution is 0.596. The van der Waals surface area contributed by atoms with Crippen LogP contribution in [-0.2, 0) is 9.84 Å². The number of benzene rings is 1. The van der Waals surface area contributed by atoms with Crippen LogP contribution < -0.4 is 0 Å². The maximum Gasteiger partial charge on any atom is 0.210 e. The van der Waals surface area contributed by atoms with E-state index in [0.717, 1.165) is 27.9 Å². The predicted molar refractivity (Wildman–Crippen MR) is 131 cm³/mol. The first-order valence-corrected chi connectivity index (χ1v) is 11.9. The quantitative estimate of drug-likeness (QED) is 0.365. The highest BCUT2D eigenvalue weighted by molar-refractivity contribution is 7.91. The van der Waals surface area contributed by atoms with Crippen molar-refractivity contribution in [1.82, 2.24) is 19.9 Å². The highest BCUT2D eigenvalue weighted by Gasteiger charge is 2.24. The molecule has 6 rings (SSSR count). The summed E-state index contributed by atoms with van der Waals surface area (Å²) in [5, 5.41) is 0. The molecule has 1 aromatic carbocycles. The molecular weight excluding hydrogens is 432 g/mol. The van der Waals surface area contributed by atoms with Crippen LogP contribution >= 0.6 is 0 Å². The number of hydrogen-bond donors (Lipinski definition) is 2. The van der Waals surface area contributed by atoms with Gasteiger partial charge in [-0.1, -0.05) is 18.2 Å². The molecule has 0 saturated heterocycles. The van der Waals surface area contributed by atoms with Crippen LogP contribution in [0.3, 0.4) is 0 Å². The monoisotopic (exact) mass is 450 g/mol. The molecule has 2 aliphatic rings. The molecule has 0 saturated carbocycles. The fraction of sp³-hybridized carbons (Fsp3) is 0. The minimum Gasteiger partial charge on any atom is -0.355 e. The zero-order valence-corrected chi connectivity index (χ0v) is 18.2. The van der Waals surface area contributed by atoms with Gasteiger partial charge < -0.3 is 9.97 Å². The smallest absolute Gasteiger partial charge is 0.210 e. The highest BCUT2D eigenvalue weighted by Crippen LogP contribution is 2.29. The van der Waals surface area contributed by atoms with E-state index in [9.17, 15) is 8.42 Å². The SMILES string of the molecule is O=S(=O)(c1ccccc1)c1c2nc(cc3ccc(cc4nc(cc5ccc1[nH]5)C=C4)[nH]3)C=C2. The van der Waals surface area contributed by atoms with Gasteiger partial charge in [-0.05, 0) is 78.9 Å². The van der Waals surface area contributed by atoms with E-state index in [-0.39, 0.29) is 9.79 Å². The minimum absolute atomic E-state index is 0.136. The summed E-state index contributed by atoms with van der Waals surface area (Å²) in [5.74, 6) is 0. The fourth-order valence-electron chi connectivity index (χ4n) is 3.98. The summed E-state index contributed by atoms with van der Waals surface area (Å²) < 4.78 is 27.4. The van der Waals surface area contributed by atoms with Gasteiger partial charge >= 0.3 is 0 Å². The number of fused-ring (bicyclic) bond motifs is 8. The number of aromatic amines is 2. The van der Waals surface area contributed by atoms with Crippen molar-refractivity contribution in [2.75, 3.05) is 0 Å². The second-order valence-corrected chi connectivity index (χ2v) is 9.71. The molecule has 7 heteroatoms. The standard InChI is InChI=1S/C26H18N4O2S/c31-33(32,23-4-2-1-3-5-23)26-24-12-10-21(29-24)15-19-8-6-17(27-19)14-18-7-9-20(28-18)16-22-11-13-25(26)30-22/h1-16,27,30H. The van der Waals surface area contributed by atoms with Crippen LogP contribution in [0.5, 0.6) is 0 Å². The Labute approximate surface area is 189 Å². The first-order chi connectivity index (χ1) is 16.0. The Bertz CT molecular complexity index is 1730. The number of nitrogens with one attached hydrogen (secondary N) is 2. The van der Waals surface area contributed by atoms with Crippen LogP contribution in [0.4, 0.5) is 0 Å². The molecule has 2 N–H and O–H groups in total. The van der Waals surface area contributed by atoms with Gasteiger partial charge in [0.05, 0.1) is 33.2 Å². The zero-order valence-electron chi connectivity index (χ0n) is 17.4. The van der Waals surface area contributed by atoms with Gasteiger partial charge in [0.2, 0.25) is 9.84 Å². The molecule has 0 radical (unpaired) electrons. The van der Waals surface area contributed by atoms with Gasteiger partial charge in [0.1, 0.15) is 4.90 Å². The molecule has 6 nitrogen and oxygen atoms in total. The van der Waals surface area contributed by atoms with Crippen molar-refractivity contribution in [3.05, 3.63) is 95.6 Å². The fourth-order valence-corrected chi connectivity index (χ4v) is 5.53. The van der Waals surface area contributed by atoms with E-state index in [4.69, 9.17) is 0 Å².